The second kappa shape index (κ2) is 6.35. The van der Waals surface area contributed by atoms with Gasteiger partial charge in [0.1, 0.15) is 11.4 Å². The van der Waals surface area contributed by atoms with Gasteiger partial charge in [-0.2, -0.15) is 0 Å². The molecule has 2 unspecified atom stereocenters. The van der Waals surface area contributed by atoms with Crippen molar-refractivity contribution >= 4 is 16.8 Å². The molecule has 1 saturated heterocycles. The number of aliphatic hydroxyl groups excluding tert-OH is 1. The van der Waals surface area contributed by atoms with Crippen LogP contribution in [-0.2, 0) is 0 Å². The largest absolute Gasteiger partial charge is 0.475 e. The molecule has 6 nitrogen and oxygen atoms in total. The van der Waals surface area contributed by atoms with Gasteiger partial charge in [0.15, 0.2) is 6.23 Å². The molecule has 3 atom stereocenters. The number of carbonyl (C=O) groups excluding carboxylic acids is 1. The van der Waals surface area contributed by atoms with Gasteiger partial charge in [0, 0.05) is 36.6 Å². The molecule has 0 radical (unpaired) electrons. The van der Waals surface area contributed by atoms with Crippen LogP contribution in [0.3, 0.4) is 0 Å². The number of hydrogen-bond acceptors (Lipinski definition) is 4. The molecule has 2 aliphatic heterocycles. The maximum absolute atomic E-state index is 12.1. The van der Waals surface area contributed by atoms with Gasteiger partial charge < -0.3 is 19.7 Å². The number of aromatic nitrogens is 1. The highest BCUT2D eigenvalue weighted by Crippen LogP contribution is 2.30. The minimum Gasteiger partial charge on any atom is -0.475 e. The Labute approximate surface area is 147 Å². The average Bonchev–Trinajstić information content (AvgIpc) is 3.20. The smallest absolute Gasteiger partial charge is 0.268 e. The van der Waals surface area contributed by atoms with Gasteiger partial charge in [-0.3, -0.25) is 9.69 Å². The van der Waals surface area contributed by atoms with Gasteiger partial charge in [0.05, 0.1) is 6.10 Å². The molecule has 1 aromatic carbocycles. The van der Waals surface area contributed by atoms with Crippen LogP contribution in [0.2, 0.25) is 0 Å². The number of fused-ring (bicyclic) bond motifs is 3. The number of ether oxygens (including phenoxy) is 1. The third kappa shape index (κ3) is 2.89. The Morgan fingerprint density at radius 3 is 2.96 bits per heavy atom. The Morgan fingerprint density at radius 2 is 2.24 bits per heavy atom. The molecule has 0 aliphatic carbocycles. The topological polar surface area (TPSA) is 66.7 Å². The molecule has 0 bridgehead atoms. The number of hydrogen-bond donors (Lipinski definition) is 2. The van der Waals surface area contributed by atoms with Crippen molar-refractivity contribution in [2.75, 3.05) is 19.6 Å². The predicted octanol–water partition coefficient (Wildman–Crippen LogP) is 2.13. The maximum Gasteiger partial charge on any atom is 0.268 e. The minimum atomic E-state index is -0.252. The van der Waals surface area contributed by atoms with Crippen LogP contribution in [-0.4, -0.2) is 52.4 Å². The fourth-order valence-electron chi connectivity index (χ4n) is 3.96. The molecule has 134 valence electrons. The van der Waals surface area contributed by atoms with Crippen molar-refractivity contribution in [3.63, 3.8) is 0 Å². The Bertz CT molecular complexity index is 801. The van der Waals surface area contributed by atoms with Crippen molar-refractivity contribution in [1.82, 2.24) is 14.8 Å². The average molecular weight is 343 g/mol. The fraction of sp³-hybridized carbons (Fsp3) is 0.526. The summed E-state index contributed by atoms with van der Waals surface area (Å²) in [6, 6.07) is 8.20. The fourth-order valence-corrected chi connectivity index (χ4v) is 3.96. The third-order valence-electron chi connectivity index (χ3n) is 5.27. The highest BCUT2D eigenvalue weighted by atomic mass is 16.5. The van der Waals surface area contributed by atoms with E-state index in [1.165, 1.54) is 0 Å². The molecule has 2 N–H and O–H groups in total. The van der Waals surface area contributed by atoms with Gasteiger partial charge >= 0.3 is 0 Å². The van der Waals surface area contributed by atoms with E-state index < -0.39 is 0 Å². The molecule has 3 heterocycles. The van der Waals surface area contributed by atoms with Crippen molar-refractivity contribution in [1.29, 1.82) is 0 Å². The molecule has 4 rings (SSSR count). The first-order valence-corrected chi connectivity index (χ1v) is 9.08. The van der Waals surface area contributed by atoms with Gasteiger partial charge in [-0.15, -0.1) is 0 Å². The minimum absolute atomic E-state index is 0.0192. The number of β-amino-alcohol motifs (C(OH)–C–C–N with tert-alkyl or cyclic N) is 1. The van der Waals surface area contributed by atoms with Crippen LogP contribution in [0.15, 0.2) is 24.3 Å². The van der Waals surface area contributed by atoms with E-state index >= 15 is 0 Å². The lowest BCUT2D eigenvalue weighted by atomic mass is 10.2. The van der Waals surface area contributed by atoms with E-state index in [9.17, 15) is 9.90 Å². The summed E-state index contributed by atoms with van der Waals surface area (Å²) in [5.74, 6) is 0.783. The summed E-state index contributed by atoms with van der Waals surface area (Å²) in [7, 11) is 0. The number of likely N-dealkylation sites (tertiary alicyclic amines) is 1. The predicted molar refractivity (Wildman–Crippen MR) is 95.9 cm³/mol. The first-order valence-electron chi connectivity index (χ1n) is 9.08. The first-order chi connectivity index (χ1) is 12.1. The third-order valence-corrected chi connectivity index (χ3v) is 5.27. The summed E-state index contributed by atoms with van der Waals surface area (Å²) in [4.78, 5) is 14.3. The summed E-state index contributed by atoms with van der Waals surface area (Å²) in [6.07, 6.45) is 1.38. The van der Waals surface area contributed by atoms with Crippen LogP contribution in [0.4, 0.5) is 0 Å². The van der Waals surface area contributed by atoms with Crippen molar-refractivity contribution in [3.8, 4) is 5.75 Å². The molecule has 25 heavy (non-hydrogen) atoms. The second-order valence-corrected chi connectivity index (χ2v) is 7.10. The summed E-state index contributed by atoms with van der Waals surface area (Å²) >= 11 is 0. The van der Waals surface area contributed by atoms with E-state index in [-0.39, 0.29) is 24.3 Å². The van der Waals surface area contributed by atoms with E-state index in [1.807, 2.05) is 24.3 Å². The van der Waals surface area contributed by atoms with Gasteiger partial charge in [-0.1, -0.05) is 6.92 Å². The van der Waals surface area contributed by atoms with E-state index in [0.29, 0.717) is 18.8 Å². The highest BCUT2D eigenvalue weighted by molar-refractivity contribution is 6.00. The van der Waals surface area contributed by atoms with Crippen molar-refractivity contribution in [2.45, 2.75) is 45.1 Å². The summed E-state index contributed by atoms with van der Waals surface area (Å²) in [6.45, 7) is 6.39. The Hall–Kier alpha value is -2.05. The molecule has 0 spiro atoms. The SMILES string of the molecule is CCC(Oc1ccc2c(c1)cc1n2C(C)CNC1=O)N1CC[C@@H](O)C1. The lowest BCUT2D eigenvalue weighted by Gasteiger charge is -2.27. The van der Waals surface area contributed by atoms with E-state index in [0.717, 1.165) is 36.0 Å². The van der Waals surface area contributed by atoms with Crippen molar-refractivity contribution in [2.24, 2.45) is 0 Å². The monoisotopic (exact) mass is 343 g/mol. The molecule has 1 aromatic heterocycles. The zero-order chi connectivity index (χ0) is 17.6. The van der Waals surface area contributed by atoms with Crippen LogP contribution in [0.1, 0.15) is 43.2 Å². The van der Waals surface area contributed by atoms with Crippen LogP contribution in [0, 0.1) is 0 Å². The molecular weight excluding hydrogens is 318 g/mol. The van der Waals surface area contributed by atoms with E-state index in [2.05, 4.69) is 28.6 Å². The maximum atomic E-state index is 12.1. The van der Waals surface area contributed by atoms with Crippen LogP contribution >= 0.6 is 0 Å². The van der Waals surface area contributed by atoms with Gasteiger partial charge in [-0.25, -0.2) is 0 Å². The number of benzene rings is 1. The summed E-state index contributed by atoms with van der Waals surface area (Å²) in [5, 5.41) is 13.7. The highest BCUT2D eigenvalue weighted by Gasteiger charge is 2.28. The molecule has 2 aromatic rings. The molecular formula is C19H25N3O3. The standard InChI is InChI=1S/C19H25N3O3/c1-3-18(21-7-6-14(23)11-21)25-15-4-5-16-13(8-15)9-17-19(24)20-10-12(2)22(16)17/h4-5,8-9,12,14,18,23H,3,6-7,10-11H2,1-2H3,(H,20,24)/t12?,14-,18?/m1/s1. The molecule has 1 fully saturated rings. The lowest BCUT2D eigenvalue weighted by Crippen LogP contribution is -2.38. The second-order valence-electron chi connectivity index (χ2n) is 7.10. The van der Waals surface area contributed by atoms with Crippen LogP contribution in [0.25, 0.3) is 10.9 Å². The number of amides is 1. The zero-order valence-electron chi connectivity index (χ0n) is 14.7. The van der Waals surface area contributed by atoms with Crippen molar-refractivity contribution in [3.05, 3.63) is 30.0 Å². The van der Waals surface area contributed by atoms with Crippen LogP contribution in [0.5, 0.6) is 5.75 Å². The Morgan fingerprint density at radius 1 is 1.40 bits per heavy atom. The molecule has 6 heteroatoms. The molecule has 0 saturated carbocycles. The van der Waals surface area contributed by atoms with Gasteiger partial charge in [0.2, 0.25) is 0 Å². The van der Waals surface area contributed by atoms with Crippen LogP contribution < -0.4 is 10.1 Å². The van der Waals surface area contributed by atoms with Gasteiger partial charge in [0.25, 0.3) is 5.91 Å². The van der Waals surface area contributed by atoms with E-state index in [4.69, 9.17) is 4.74 Å². The number of carbonyl (C=O) groups is 1. The summed E-state index contributed by atoms with van der Waals surface area (Å²) in [5.41, 5.74) is 1.77. The Kier molecular flexibility index (Phi) is 4.17. The van der Waals surface area contributed by atoms with Gasteiger partial charge in [-0.05, 0) is 44.0 Å². The first kappa shape index (κ1) is 16.4. The lowest BCUT2D eigenvalue weighted by molar-refractivity contribution is 0.0303. The van der Waals surface area contributed by atoms with E-state index in [1.54, 1.807) is 0 Å². The molecule has 1 amide bonds. The Balaban J connectivity index is 1.62. The normalized spacial score (nSPS) is 25.0. The summed E-state index contributed by atoms with van der Waals surface area (Å²) < 4.78 is 8.30. The quantitative estimate of drug-likeness (QED) is 0.892. The zero-order valence-corrected chi connectivity index (χ0v) is 14.7. The number of aliphatic hydroxyl groups is 1. The number of nitrogens with zero attached hydrogens (tertiary/aromatic N) is 2. The number of rotatable bonds is 4. The number of nitrogens with one attached hydrogen (secondary N) is 1. The molecule has 2 aliphatic rings. The van der Waals surface area contributed by atoms with Crippen molar-refractivity contribution < 1.29 is 14.6 Å².